The first-order chi connectivity index (χ1) is 13.7. The maximum Gasteiger partial charge on any atom is 0.225 e. The van der Waals surface area contributed by atoms with Crippen molar-refractivity contribution < 1.29 is 9.53 Å². The van der Waals surface area contributed by atoms with Crippen LogP contribution in [0, 0.1) is 11.8 Å². The number of amides is 1. The average Bonchev–Trinajstić information content (AvgIpc) is 3.02. The number of carbonyl (C=O) groups is 1. The molecule has 4 nitrogen and oxygen atoms in total. The van der Waals surface area contributed by atoms with Crippen LogP contribution in [0.2, 0.25) is 0 Å². The SMILES string of the molecule is C=CCc1ccccc1OCC#CCNC(=O)Cc1cn(C)c2ccccc12. The van der Waals surface area contributed by atoms with E-state index in [1.54, 1.807) is 0 Å². The lowest BCUT2D eigenvalue weighted by molar-refractivity contribution is -0.120. The van der Waals surface area contributed by atoms with Gasteiger partial charge in [0, 0.05) is 24.1 Å². The highest BCUT2D eigenvalue weighted by atomic mass is 16.5. The van der Waals surface area contributed by atoms with Gasteiger partial charge >= 0.3 is 0 Å². The molecule has 3 aromatic rings. The van der Waals surface area contributed by atoms with Crippen molar-refractivity contribution in [2.45, 2.75) is 12.8 Å². The molecule has 0 fully saturated rings. The second-order valence-electron chi connectivity index (χ2n) is 6.48. The number of nitrogens with zero attached hydrogens (tertiary/aromatic N) is 1. The maximum atomic E-state index is 12.2. The van der Waals surface area contributed by atoms with Crippen molar-refractivity contribution in [2.24, 2.45) is 7.05 Å². The van der Waals surface area contributed by atoms with E-state index in [1.807, 2.05) is 66.4 Å². The summed E-state index contributed by atoms with van der Waals surface area (Å²) in [5.74, 6) is 6.65. The molecule has 3 rings (SSSR count). The molecule has 0 radical (unpaired) electrons. The minimum absolute atomic E-state index is 0.0390. The molecular weight excluding hydrogens is 348 g/mol. The Hall–Kier alpha value is -3.45. The first-order valence-corrected chi connectivity index (χ1v) is 9.26. The highest BCUT2D eigenvalue weighted by molar-refractivity contribution is 5.89. The normalized spacial score (nSPS) is 10.2. The standard InChI is InChI=1S/C24H24N2O2/c1-3-10-19-11-4-7-14-23(19)28-16-9-8-15-25-24(27)17-20-18-26(2)22-13-6-5-12-21(20)22/h3-7,11-14,18H,1,10,15-17H2,2H3,(H,25,27). The molecule has 1 aromatic heterocycles. The predicted octanol–water partition coefficient (Wildman–Crippen LogP) is 3.65. The van der Waals surface area contributed by atoms with Gasteiger partial charge in [0.1, 0.15) is 12.4 Å². The molecule has 1 N–H and O–H groups in total. The molecule has 0 saturated heterocycles. The van der Waals surface area contributed by atoms with E-state index in [9.17, 15) is 4.79 Å². The van der Waals surface area contributed by atoms with Gasteiger partial charge in [-0.25, -0.2) is 0 Å². The second kappa shape index (κ2) is 9.48. The van der Waals surface area contributed by atoms with Crippen molar-refractivity contribution in [2.75, 3.05) is 13.2 Å². The number of hydrogen-bond donors (Lipinski definition) is 1. The maximum absolute atomic E-state index is 12.2. The van der Waals surface area contributed by atoms with Crippen molar-refractivity contribution in [1.82, 2.24) is 9.88 Å². The van der Waals surface area contributed by atoms with Crippen molar-refractivity contribution in [3.63, 3.8) is 0 Å². The van der Waals surface area contributed by atoms with Crippen molar-refractivity contribution in [3.05, 3.63) is 78.5 Å². The van der Waals surface area contributed by atoms with Crippen LogP contribution in [-0.2, 0) is 24.7 Å². The van der Waals surface area contributed by atoms with Crippen LogP contribution in [0.25, 0.3) is 10.9 Å². The van der Waals surface area contributed by atoms with Crippen LogP contribution >= 0.6 is 0 Å². The minimum Gasteiger partial charge on any atom is -0.481 e. The van der Waals surface area contributed by atoms with Crippen LogP contribution in [0.15, 0.2) is 67.4 Å². The zero-order chi connectivity index (χ0) is 19.8. The Morgan fingerprint density at radius 2 is 1.93 bits per heavy atom. The fourth-order valence-corrected chi connectivity index (χ4v) is 3.14. The summed E-state index contributed by atoms with van der Waals surface area (Å²) in [4.78, 5) is 12.2. The van der Waals surface area contributed by atoms with Crippen molar-refractivity contribution in [1.29, 1.82) is 0 Å². The van der Waals surface area contributed by atoms with Crippen LogP contribution in [0.4, 0.5) is 0 Å². The predicted molar refractivity (Wildman–Crippen MR) is 113 cm³/mol. The van der Waals surface area contributed by atoms with Crippen LogP contribution in [0.3, 0.4) is 0 Å². The molecule has 0 bridgehead atoms. The van der Waals surface area contributed by atoms with E-state index in [0.29, 0.717) is 13.0 Å². The Morgan fingerprint density at radius 1 is 1.14 bits per heavy atom. The third kappa shape index (κ3) is 4.83. The van der Waals surface area contributed by atoms with Crippen LogP contribution in [0.5, 0.6) is 5.75 Å². The molecule has 0 spiro atoms. The Bertz CT molecular complexity index is 1040. The topological polar surface area (TPSA) is 43.3 Å². The molecule has 142 valence electrons. The van der Waals surface area contributed by atoms with Crippen LogP contribution in [-0.4, -0.2) is 23.6 Å². The average molecular weight is 372 g/mol. The summed E-state index contributed by atoms with van der Waals surface area (Å²) in [7, 11) is 1.99. The van der Waals surface area contributed by atoms with Gasteiger partial charge in [-0.1, -0.05) is 54.3 Å². The van der Waals surface area contributed by atoms with Gasteiger partial charge in [-0.05, 0) is 29.7 Å². The van der Waals surface area contributed by atoms with Gasteiger partial charge in [0.05, 0.1) is 13.0 Å². The number of benzene rings is 2. The van der Waals surface area contributed by atoms with E-state index < -0.39 is 0 Å². The Kier molecular flexibility index (Phi) is 6.54. The fraction of sp³-hybridized carbons (Fsp3) is 0.208. The highest BCUT2D eigenvalue weighted by Gasteiger charge is 2.09. The number of aryl methyl sites for hydroxylation is 1. The minimum atomic E-state index is -0.0390. The monoisotopic (exact) mass is 372 g/mol. The first-order valence-electron chi connectivity index (χ1n) is 9.26. The molecule has 0 atom stereocenters. The molecule has 1 heterocycles. The molecule has 0 unspecified atom stereocenters. The highest BCUT2D eigenvalue weighted by Crippen LogP contribution is 2.20. The van der Waals surface area contributed by atoms with E-state index in [4.69, 9.17) is 4.74 Å². The lowest BCUT2D eigenvalue weighted by Gasteiger charge is -2.07. The summed E-state index contributed by atoms with van der Waals surface area (Å²) in [5.41, 5.74) is 3.23. The number of fused-ring (bicyclic) bond motifs is 1. The molecule has 28 heavy (non-hydrogen) atoms. The zero-order valence-electron chi connectivity index (χ0n) is 16.1. The summed E-state index contributed by atoms with van der Waals surface area (Å²) in [6.07, 6.45) is 4.95. The molecule has 2 aromatic carbocycles. The Morgan fingerprint density at radius 3 is 2.79 bits per heavy atom. The van der Waals surface area contributed by atoms with Gasteiger partial charge in [-0.15, -0.1) is 6.58 Å². The van der Waals surface area contributed by atoms with Crippen molar-refractivity contribution in [3.8, 4) is 17.6 Å². The summed E-state index contributed by atoms with van der Waals surface area (Å²) in [6, 6.07) is 15.9. The largest absolute Gasteiger partial charge is 0.481 e. The van der Waals surface area contributed by atoms with E-state index in [1.165, 1.54) is 0 Å². The molecule has 1 amide bonds. The summed E-state index contributed by atoms with van der Waals surface area (Å²) in [6.45, 7) is 4.35. The lowest BCUT2D eigenvalue weighted by Crippen LogP contribution is -2.25. The third-order valence-electron chi connectivity index (χ3n) is 4.47. The Balaban J connectivity index is 1.47. The molecule has 0 aliphatic rings. The number of para-hydroxylation sites is 2. The second-order valence-corrected chi connectivity index (χ2v) is 6.48. The zero-order valence-corrected chi connectivity index (χ0v) is 16.1. The lowest BCUT2D eigenvalue weighted by atomic mass is 10.1. The summed E-state index contributed by atoms with van der Waals surface area (Å²) >= 11 is 0. The Labute approximate surface area is 165 Å². The molecule has 0 aliphatic heterocycles. The first kappa shape index (κ1) is 19.3. The fourth-order valence-electron chi connectivity index (χ4n) is 3.14. The van der Waals surface area contributed by atoms with E-state index in [-0.39, 0.29) is 12.5 Å². The smallest absolute Gasteiger partial charge is 0.225 e. The third-order valence-corrected chi connectivity index (χ3v) is 4.47. The van der Waals surface area contributed by atoms with Crippen LogP contribution in [0.1, 0.15) is 11.1 Å². The molecule has 0 aliphatic carbocycles. The van der Waals surface area contributed by atoms with E-state index >= 15 is 0 Å². The van der Waals surface area contributed by atoms with Gasteiger partial charge in [0.15, 0.2) is 0 Å². The number of nitrogens with one attached hydrogen (secondary N) is 1. The molecule has 0 saturated carbocycles. The van der Waals surface area contributed by atoms with E-state index in [0.717, 1.165) is 34.2 Å². The van der Waals surface area contributed by atoms with Gasteiger partial charge in [-0.2, -0.15) is 0 Å². The van der Waals surface area contributed by atoms with Gasteiger partial charge < -0.3 is 14.6 Å². The number of rotatable bonds is 7. The van der Waals surface area contributed by atoms with Gasteiger partial charge in [0.2, 0.25) is 5.91 Å². The van der Waals surface area contributed by atoms with Gasteiger partial charge in [-0.3, -0.25) is 4.79 Å². The molecular formula is C24H24N2O2. The number of ether oxygens (including phenoxy) is 1. The number of aromatic nitrogens is 1. The van der Waals surface area contributed by atoms with E-state index in [2.05, 4.69) is 29.8 Å². The van der Waals surface area contributed by atoms with Gasteiger partial charge in [0.25, 0.3) is 0 Å². The van der Waals surface area contributed by atoms with Crippen molar-refractivity contribution >= 4 is 16.8 Å². The summed E-state index contributed by atoms with van der Waals surface area (Å²) in [5, 5.41) is 3.95. The number of allylic oxidation sites excluding steroid dienone is 1. The molecule has 4 heteroatoms. The number of carbonyl (C=O) groups excluding carboxylic acids is 1. The summed E-state index contributed by atoms with van der Waals surface area (Å²) < 4.78 is 7.75. The van der Waals surface area contributed by atoms with Crippen LogP contribution < -0.4 is 10.1 Å². The quantitative estimate of drug-likeness (QED) is 0.508. The number of hydrogen-bond acceptors (Lipinski definition) is 2.